The highest BCUT2D eigenvalue weighted by Crippen LogP contribution is 2.38. The number of para-hydroxylation sites is 1. The number of rotatable bonds is 3. The molecule has 142 valence electrons. The van der Waals surface area contributed by atoms with E-state index in [4.69, 9.17) is 4.98 Å². The number of anilines is 1. The molecule has 4 aromatic heterocycles. The number of pyridine rings is 1. The number of nitrogens with one attached hydrogen (secondary N) is 1. The molecule has 0 spiro atoms. The maximum atomic E-state index is 5.00. The van der Waals surface area contributed by atoms with Gasteiger partial charge in [0.05, 0.1) is 12.4 Å². The van der Waals surface area contributed by atoms with Crippen LogP contribution in [0.15, 0.2) is 61.3 Å². The minimum absolute atomic E-state index is 0.0826. The van der Waals surface area contributed by atoms with Crippen molar-refractivity contribution in [2.24, 2.45) is 0 Å². The van der Waals surface area contributed by atoms with Gasteiger partial charge in [0.15, 0.2) is 17.1 Å². The number of nitrogens with zero attached hydrogens (tertiary/aromatic N) is 7. The van der Waals surface area contributed by atoms with Crippen molar-refractivity contribution < 1.29 is 0 Å². The molecule has 6 rings (SSSR count). The Hall–Kier alpha value is -3.81. The summed E-state index contributed by atoms with van der Waals surface area (Å²) in [6, 6.07) is 14.3. The van der Waals surface area contributed by atoms with Crippen molar-refractivity contribution in [2.45, 2.75) is 18.9 Å². The first-order valence-corrected chi connectivity index (χ1v) is 9.69. The molecule has 1 saturated heterocycles. The zero-order chi connectivity index (χ0) is 19.2. The SMILES string of the molecule is c1ccc(-n2c(C3CCCN3c3ncnc4[nH]cnc34)nc3cccnc32)cc1. The van der Waals surface area contributed by atoms with E-state index >= 15 is 0 Å². The number of aromatic nitrogens is 7. The topological polar surface area (TPSA) is 88.4 Å². The monoisotopic (exact) mass is 382 g/mol. The normalized spacial score (nSPS) is 16.8. The maximum Gasteiger partial charge on any atom is 0.164 e. The molecule has 8 nitrogen and oxygen atoms in total. The fourth-order valence-electron chi connectivity index (χ4n) is 4.24. The van der Waals surface area contributed by atoms with Gasteiger partial charge >= 0.3 is 0 Å². The molecule has 1 unspecified atom stereocenters. The summed E-state index contributed by atoms with van der Waals surface area (Å²) in [5.41, 5.74) is 4.36. The lowest BCUT2D eigenvalue weighted by Gasteiger charge is -2.26. The van der Waals surface area contributed by atoms with Gasteiger partial charge in [-0.05, 0) is 37.1 Å². The highest BCUT2D eigenvalue weighted by atomic mass is 15.3. The first-order chi connectivity index (χ1) is 14.4. The highest BCUT2D eigenvalue weighted by molar-refractivity contribution is 5.83. The average Bonchev–Trinajstić information content (AvgIpc) is 3.51. The lowest BCUT2D eigenvalue weighted by atomic mass is 10.2. The molecule has 1 aliphatic heterocycles. The van der Waals surface area contributed by atoms with Gasteiger partial charge in [-0.2, -0.15) is 0 Å². The van der Waals surface area contributed by atoms with Crippen LogP contribution in [0.3, 0.4) is 0 Å². The average molecular weight is 382 g/mol. The molecule has 29 heavy (non-hydrogen) atoms. The molecule has 0 amide bonds. The van der Waals surface area contributed by atoms with Crippen molar-refractivity contribution in [1.82, 2.24) is 34.5 Å². The van der Waals surface area contributed by atoms with Crippen LogP contribution in [0.1, 0.15) is 24.7 Å². The molecule has 1 fully saturated rings. The number of fused-ring (bicyclic) bond motifs is 2. The number of H-pyrrole nitrogens is 1. The van der Waals surface area contributed by atoms with Crippen molar-refractivity contribution in [1.29, 1.82) is 0 Å². The highest BCUT2D eigenvalue weighted by Gasteiger charge is 2.33. The van der Waals surface area contributed by atoms with Crippen LogP contribution in [0.5, 0.6) is 0 Å². The smallest absolute Gasteiger partial charge is 0.164 e. The van der Waals surface area contributed by atoms with Crippen LogP contribution in [0.25, 0.3) is 28.0 Å². The third-order valence-corrected chi connectivity index (χ3v) is 5.48. The van der Waals surface area contributed by atoms with Gasteiger partial charge in [-0.25, -0.2) is 24.9 Å². The molecule has 0 radical (unpaired) electrons. The third kappa shape index (κ3) is 2.49. The van der Waals surface area contributed by atoms with E-state index in [-0.39, 0.29) is 6.04 Å². The minimum Gasteiger partial charge on any atom is -0.344 e. The van der Waals surface area contributed by atoms with E-state index in [2.05, 4.69) is 46.5 Å². The van der Waals surface area contributed by atoms with Crippen molar-refractivity contribution in [3.05, 3.63) is 67.1 Å². The standard InChI is InChI=1S/C21H18N8/c1-2-6-14(7-3-1)29-19-15(8-4-10-22-19)27-20(29)16-9-5-11-28(16)21-17-18(24-12-23-17)25-13-26-21/h1-4,6-8,10,12-13,16H,5,9,11H2,(H,23,24,25,26). The lowest BCUT2D eigenvalue weighted by molar-refractivity contribution is 0.652. The van der Waals surface area contributed by atoms with Gasteiger partial charge in [0.2, 0.25) is 0 Å². The fraction of sp³-hybridized carbons (Fsp3) is 0.190. The van der Waals surface area contributed by atoms with Crippen molar-refractivity contribution >= 4 is 28.1 Å². The summed E-state index contributed by atoms with van der Waals surface area (Å²) in [4.78, 5) is 28.3. The molecule has 8 heteroatoms. The molecule has 0 bridgehead atoms. The second kappa shape index (κ2) is 6.37. The molecule has 1 N–H and O–H groups in total. The number of benzene rings is 1. The Morgan fingerprint density at radius 3 is 2.83 bits per heavy atom. The van der Waals surface area contributed by atoms with Crippen LogP contribution in [0.4, 0.5) is 5.82 Å². The first-order valence-electron chi connectivity index (χ1n) is 9.69. The Bertz CT molecular complexity index is 1310. The Balaban J connectivity index is 1.55. The van der Waals surface area contributed by atoms with Crippen LogP contribution in [0.2, 0.25) is 0 Å². The van der Waals surface area contributed by atoms with E-state index in [1.807, 2.05) is 36.5 Å². The second-order valence-electron chi connectivity index (χ2n) is 7.14. The summed E-state index contributed by atoms with van der Waals surface area (Å²) in [6.07, 6.45) is 7.12. The predicted molar refractivity (Wildman–Crippen MR) is 110 cm³/mol. The van der Waals surface area contributed by atoms with Gasteiger partial charge in [-0.15, -0.1) is 0 Å². The minimum atomic E-state index is 0.0826. The second-order valence-corrected chi connectivity index (χ2v) is 7.14. The van der Waals surface area contributed by atoms with E-state index < -0.39 is 0 Å². The molecule has 0 saturated carbocycles. The molecular weight excluding hydrogens is 364 g/mol. The Kier molecular flexibility index (Phi) is 3.55. The van der Waals surface area contributed by atoms with E-state index in [1.165, 1.54) is 0 Å². The molecule has 1 atom stereocenters. The Morgan fingerprint density at radius 2 is 1.90 bits per heavy atom. The van der Waals surface area contributed by atoms with Gasteiger partial charge in [-0.1, -0.05) is 18.2 Å². The van der Waals surface area contributed by atoms with Gasteiger partial charge in [0.1, 0.15) is 23.2 Å². The largest absolute Gasteiger partial charge is 0.344 e. The molecular formula is C21H18N8. The molecule has 1 aliphatic rings. The molecule has 5 heterocycles. The summed E-state index contributed by atoms with van der Waals surface area (Å²) in [5, 5.41) is 0. The zero-order valence-corrected chi connectivity index (χ0v) is 15.6. The van der Waals surface area contributed by atoms with Crippen LogP contribution >= 0.6 is 0 Å². The van der Waals surface area contributed by atoms with Gasteiger partial charge < -0.3 is 9.88 Å². The van der Waals surface area contributed by atoms with Crippen LogP contribution in [0, 0.1) is 0 Å². The van der Waals surface area contributed by atoms with E-state index in [0.29, 0.717) is 0 Å². The zero-order valence-electron chi connectivity index (χ0n) is 15.6. The molecule has 0 aliphatic carbocycles. The summed E-state index contributed by atoms with van der Waals surface area (Å²) < 4.78 is 2.17. The molecule has 5 aromatic rings. The summed E-state index contributed by atoms with van der Waals surface area (Å²) in [7, 11) is 0. The van der Waals surface area contributed by atoms with Gasteiger partial charge in [0.25, 0.3) is 0 Å². The predicted octanol–water partition coefficient (Wildman–Crippen LogP) is 3.43. The number of hydrogen-bond donors (Lipinski definition) is 1. The number of aromatic amines is 1. The number of imidazole rings is 2. The fourth-order valence-corrected chi connectivity index (χ4v) is 4.24. The van der Waals surface area contributed by atoms with Crippen molar-refractivity contribution in [3.8, 4) is 5.69 Å². The quantitative estimate of drug-likeness (QED) is 0.514. The lowest BCUT2D eigenvalue weighted by Crippen LogP contribution is -2.26. The van der Waals surface area contributed by atoms with E-state index in [0.717, 1.165) is 59.0 Å². The van der Waals surface area contributed by atoms with E-state index in [9.17, 15) is 0 Å². The van der Waals surface area contributed by atoms with Crippen LogP contribution in [-0.4, -0.2) is 41.0 Å². The Morgan fingerprint density at radius 1 is 0.966 bits per heavy atom. The molecule has 1 aromatic carbocycles. The Labute approximate surface area is 166 Å². The van der Waals surface area contributed by atoms with Crippen molar-refractivity contribution in [2.75, 3.05) is 11.4 Å². The summed E-state index contributed by atoms with van der Waals surface area (Å²) in [5.74, 6) is 1.82. The van der Waals surface area contributed by atoms with Crippen LogP contribution < -0.4 is 4.90 Å². The van der Waals surface area contributed by atoms with Crippen LogP contribution in [-0.2, 0) is 0 Å². The third-order valence-electron chi connectivity index (χ3n) is 5.48. The summed E-state index contributed by atoms with van der Waals surface area (Å²) >= 11 is 0. The maximum absolute atomic E-state index is 5.00. The first kappa shape index (κ1) is 16.2. The van der Waals surface area contributed by atoms with Gasteiger partial charge in [-0.3, -0.25) is 4.57 Å². The summed E-state index contributed by atoms with van der Waals surface area (Å²) in [6.45, 7) is 0.898. The van der Waals surface area contributed by atoms with Gasteiger partial charge in [0, 0.05) is 18.4 Å². The van der Waals surface area contributed by atoms with E-state index in [1.54, 1.807) is 12.7 Å². The van der Waals surface area contributed by atoms with Crippen molar-refractivity contribution in [3.63, 3.8) is 0 Å². The number of hydrogen-bond acceptors (Lipinski definition) is 6.